The third kappa shape index (κ3) is 4.86. The summed E-state index contributed by atoms with van der Waals surface area (Å²) in [6.07, 6.45) is 0. The number of benzene rings is 2. The summed E-state index contributed by atoms with van der Waals surface area (Å²) in [7, 11) is 4.96. The van der Waals surface area contributed by atoms with E-state index in [1.54, 1.807) is 31.5 Å². The molecule has 0 saturated carbocycles. The molecule has 29 heavy (non-hydrogen) atoms. The van der Waals surface area contributed by atoms with Crippen molar-refractivity contribution in [1.82, 2.24) is 9.88 Å². The van der Waals surface area contributed by atoms with E-state index in [1.165, 1.54) is 11.3 Å². The number of nitrogens with zero attached hydrogens (tertiary/aromatic N) is 2. The van der Waals surface area contributed by atoms with Crippen molar-refractivity contribution in [2.24, 2.45) is 0 Å². The quantitative estimate of drug-likeness (QED) is 0.545. The number of hydrogen-bond acceptors (Lipinski definition) is 6. The summed E-state index contributed by atoms with van der Waals surface area (Å²) >= 11 is 1.42. The molecule has 6 nitrogen and oxygen atoms in total. The highest BCUT2D eigenvalue weighted by atomic mass is 32.1. The van der Waals surface area contributed by atoms with Crippen LogP contribution in [0.3, 0.4) is 0 Å². The van der Waals surface area contributed by atoms with E-state index < -0.39 is 0 Å². The lowest BCUT2D eigenvalue weighted by Crippen LogP contribution is -2.26. The SMILES string of the molecule is CCOc1ccc(CN(C)C(=O)c2csc(-c3ccc(OC)c(OC)c3)n2)cc1. The smallest absolute Gasteiger partial charge is 0.273 e. The molecule has 0 N–H and O–H groups in total. The molecule has 1 heterocycles. The van der Waals surface area contributed by atoms with Crippen LogP contribution in [0.25, 0.3) is 10.6 Å². The van der Waals surface area contributed by atoms with Crippen LogP contribution in [0.1, 0.15) is 23.0 Å². The van der Waals surface area contributed by atoms with Gasteiger partial charge in [-0.05, 0) is 42.8 Å². The molecule has 3 aromatic rings. The average molecular weight is 413 g/mol. The molecule has 0 spiro atoms. The second-order valence-electron chi connectivity index (χ2n) is 6.35. The molecule has 0 aliphatic carbocycles. The van der Waals surface area contributed by atoms with E-state index in [0.717, 1.165) is 21.9 Å². The predicted molar refractivity (Wildman–Crippen MR) is 114 cm³/mol. The van der Waals surface area contributed by atoms with Crippen LogP contribution in [0.2, 0.25) is 0 Å². The minimum Gasteiger partial charge on any atom is -0.494 e. The molecule has 1 aromatic heterocycles. The summed E-state index contributed by atoms with van der Waals surface area (Å²) in [5, 5.41) is 2.53. The van der Waals surface area contributed by atoms with Crippen LogP contribution >= 0.6 is 11.3 Å². The van der Waals surface area contributed by atoms with E-state index in [2.05, 4.69) is 4.98 Å². The van der Waals surface area contributed by atoms with Crippen molar-refractivity contribution in [3.63, 3.8) is 0 Å². The Morgan fingerprint density at radius 1 is 1.07 bits per heavy atom. The minimum atomic E-state index is -0.123. The molecule has 152 valence electrons. The third-order valence-corrected chi connectivity index (χ3v) is 5.25. The summed E-state index contributed by atoms with van der Waals surface area (Å²) in [4.78, 5) is 19.0. The molecule has 0 radical (unpaired) electrons. The topological polar surface area (TPSA) is 60.9 Å². The second-order valence-corrected chi connectivity index (χ2v) is 7.20. The first-order chi connectivity index (χ1) is 14.0. The van der Waals surface area contributed by atoms with Gasteiger partial charge >= 0.3 is 0 Å². The molecule has 3 rings (SSSR count). The summed E-state index contributed by atoms with van der Waals surface area (Å²) in [6, 6.07) is 13.3. The number of carbonyl (C=O) groups is 1. The fourth-order valence-electron chi connectivity index (χ4n) is 2.87. The van der Waals surface area contributed by atoms with Gasteiger partial charge in [0.05, 0.1) is 20.8 Å². The Hall–Kier alpha value is -3.06. The van der Waals surface area contributed by atoms with Crippen LogP contribution < -0.4 is 14.2 Å². The van der Waals surface area contributed by atoms with E-state index >= 15 is 0 Å². The summed E-state index contributed by atoms with van der Waals surface area (Å²) in [6.45, 7) is 3.07. The van der Waals surface area contributed by atoms with Crippen molar-refractivity contribution in [2.75, 3.05) is 27.9 Å². The maximum absolute atomic E-state index is 12.8. The Bertz CT molecular complexity index is 969. The molecule has 0 saturated heterocycles. The summed E-state index contributed by atoms with van der Waals surface area (Å²) < 4.78 is 16.1. The van der Waals surface area contributed by atoms with E-state index in [0.29, 0.717) is 30.3 Å². The fourth-order valence-corrected chi connectivity index (χ4v) is 3.66. The van der Waals surface area contributed by atoms with Crippen molar-refractivity contribution in [1.29, 1.82) is 0 Å². The molecular formula is C22H24N2O4S. The van der Waals surface area contributed by atoms with Gasteiger partial charge in [-0.3, -0.25) is 4.79 Å². The lowest BCUT2D eigenvalue weighted by atomic mass is 10.2. The number of aromatic nitrogens is 1. The molecule has 0 unspecified atom stereocenters. The average Bonchev–Trinajstić information content (AvgIpc) is 3.24. The van der Waals surface area contributed by atoms with E-state index in [-0.39, 0.29) is 5.91 Å². The molecule has 2 aromatic carbocycles. The van der Waals surface area contributed by atoms with Crippen molar-refractivity contribution in [2.45, 2.75) is 13.5 Å². The zero-order valence-electron chi connectivity index (χ0n) is 17.0. The van der Waals surface area contributed by atoms with Crippen LogP contribution in [0.15, 0.2) is 47.8 Å². The van der Waals surface area contributed by atoms with Gasteiger partial charge < -0.3 is 19.1 Å². The van der Waals surface area contributed by atoms with Gasteiger partial charge in [-0.1, -0.05) is 12.1 Å². The van der Waals surface area contributed by atoms with E-state index in [4.69, 9.17) is 14.2 Å². The van der Waals surface area contributed by atoms with Crippen LogP contribution in [0.4, 0.5) is 0 Å². The predicted octanol–water partition coefficient (Wildman–Crippen LogP) is 4.50. The zero-order valence-corrected chi connectivity index (χ0v) is 17.8. The zero-order chi connectivity index (χ0) is 20.8. The Labute approximate surface area is 174 Å². The highest BCUT2D eigenvalue weighted by molar-refractivity contribution is 7.13. The molecule has 7 heteroatoms. The van der Waals surface area contributed by atoms with Crippen molar-refractivity contribution in [3.8, 4) is 27.8 Å². The molecule has 0 fully saturated rings. The Morgan fingerprint density at radius 2 is 1.79 bits per heavy atom. The normalized spacial score (nSPS) is 10.5. The first-order valence-electron chi connectivity index (χ1n) is 9.20. The first-order valence-corrected chi connectivity index (χ1v) is 10.1. The summed E-state index contributed by atoms with van der Waals surface area (Å²) in [5.41, 5.74) is 2.33. The molecule has 1 amide bonds. The van der Waals surface area contributed by atoms with E-state index in [9.17, 15) is 4.79 Å². The first kappa shape index (κ1) is 20.7. The van der Waals surface area contributed by atoms with Crippen LogP contribution in [0, 0.1) is 0 Å². The molecule has 0 atom stereocenters. The number of carbonyl (C=O) groups excluding carboxylic acids is 1. The number of thiazole rings is 1. The van der Waals surface area contributed by atoms with Gasteiger partial charge in [-0.25, -0.2) is 4.98 Å². The number of ether oxygens (including phenoxy) is 3. The maximum atomic E-state index is 12.8. The van der Waals surface area contributed by atoms with Crippen LogP contribution in [-0.4, -0.2) is 43.7 Å². The standard InChI is InChI=1S/C22H24N2O4S/c1-5-28-17-9-6-15(7-10-17)13-24(2)22(25)18-14-29-21(23-18)16-8-11-19(26-3)20(12-16)27-4/h6-12,14H,5,13H2,1-4H3. The maximum Gasteiger partial charge on any atom is 0.273 e. The van der Waals surface area contributed by atoms with Gasteiger partial charge in [-0.15, -0.1) is 11.3 Å². The number of rotatable bonds is 8. The Kier molecular flexibility index (Phi) is 6.72. The lowest BCUT2D eigenvalue weighted by molar-refractivity contribution is 0.0780. The van der Waals surface area contributed by atoms with Crippen LogP contribution in [-0.2, 0) is 6.54 Å². The van der Waals surface area contributed by atoms with Gasteiger partial charge in [0.1, 0.15) is 16.5 Å². The fraction of sp³-hybridized carbons (Fsp3) is 0.273. The van der Waals surface area contributed by atoms with Crippen molar-refractivity contribution in [3.05, 3.63) is 59.1 Å². The van der Waals surface area contributed by atoms with Gasteiger partial charge in [0.25, 0.3) is 5.91 Å². The Morgan fingerprint density at radius 3 is 2.45 bits per heavy atom. The number of hydrogen-bond donors (Lipinski definition) is 0. The summed E-state index contributed by atoms with van der Waals surface area (Å²) in [5.74, 6) is 1.98. The highest BCUT2D eigenvalue weighted by Gasteiger charge is 2.17. The molecular weight excluding hydrogens is 388 g/mol. The van der Waals surface area contributed by atoms with Gasteiger partial charge in [0, 0.05) is 24.5 Å². The monoisotopic (exact) mass is 412 g/mol. The number of amides is 1. The molecule has 0 aliphatic heterocycles. The minimum absolute atomic E-state index is 0.123. The number of methoxy groups -OCH3 is 2. The van der Waals surface area contributed by atoms with Gasteiger partial charge in [0.15, 0.2) is 11.5 Å². The van der Waals surface area contributed by atoms with Gasteiger partial charge in [-0.2, -0.15) is 0 Å². The van der Waals surface area contributed by atoms with Crippen molar-refractivity contribution < 1.29 is 19.0 Å². The third-order valence-electron chi connectivity index (χ3n) is 4.35. The lowest BCUT2D eigenvalue weighted by Gasteiger charge is -2.16. The largest absolute Gasteiger partial charge is 0.494 e. The van der Waals surface area contributed by atoms with E-state index in [1.807, 2.05) is 49.4 Å². The van der Waals surface area contributed by atoms with Crippen molar-refractivity contribution >= 4 is 17.2 Å². The second kappa shape index (κ2) is 9.43. The van der Waals surface area contributed by atoms with Gasteiger partial charge in [0.2, 0.25) is 0 Å². The Balaban J connectivity index is 1.71. The highest BCUT2D eigenvalue weighted by Crippen LogP contribution is 2.33. The molecule has 0 aliphatic rings. The van der Waals surface area contributed by atoms with Crippen LogP contribution in [0.5, 0.6) is 17.2 Å². The molecule has 0 bridgehead atoms.